The zero-order valence-electron chi connectivity index (χ0n) is 13.3. The van der Waals surface area contributed by atoms with Gasteiger partial charge in [0.15, 0.2) is 0 Å². The Bertz CT molecular complexity index is 639. The molecule has 1 aliphatic rings. The summed E-state index contributed by atoms with van der Waals surface area (Å²) in [7, 11) is 0. The van der Waals surface area contributed by atoms with Gasteiger partial charge in [-0.1, -0.05) is 36.8 Å². The van der Waals surface area contributed by atoms with Crippen molar-refractivity contribution in [3.63, 3.8) is 0 Å². The van der Waals surface area contributed by atoms with Crippen LogP contribution in [0.25, 0.3) is 5.69 Å². The van der Waals surface area contributed by atoms with Gasteiger partial charge < -0.3 is 10.4 Å². The van der Waals surface area contributed by atoms with Crippen LogP contribution in [0.2, 0.25) is 0 Å². The highest BCUT2D eigenvalue weighted by atomic mass is 16.3. The minimum atomic E-state index is -0.563. The highest BCUT2D eigenvalue weighted by Gasteiger charge is 2.37. The Morgan fingerprint density at radius 3 is 2.95 bits per heavy atom. The van der Waals surface area contributed by atoms with E-state index in [9.17, 15) is 5.11 Å². The normalized spacial score (nSPS) is 24.8. The maximum atomic E-state index is 10.6. The zero-order valence-corrected chi connectivity index (χ0v) is 13.3. The van der Waals surface area contributed by atoms with Crippen molar-refractivity contribution in [3.05, 3.63) is 41.7 Å². The van der Waals surface area contributed by atoms with Gasteiger partial charge in [-0.15, -0.1) is 5.10 Å². The Morgan fingerprint density at radius 1 is 1.41 bits per heavy atom. The highest BCUT2D eigenvalue weighted by Crippen LogP contribution is 2.34. The van der Waals surface area contributed by atoms with E-state index in [1.807, 2.05) is 24.4 Å². The summed E-state index contributed by atoms with van der Waals surface area (Å²) in [5, 5.41) is 22.3. The molecular weight excluding hydrogens is 276 g/mol. The van der Waals surface area contributed by atoms with Gasteiger partial charge in [-0.25, -0.2) is 4.68 Å². The lowest BCUT2D eigenvalue weighted by Gasteiger charge is -2.27. The smallest absolute Gasteiger partial charge is 0.0969 e. The van der Waals surface area contributed by atoms with Crippen LogP contribution in [0.5, 0.6) is 0 Å². The Morgan fingerprint density at radius 2 is 2.23 bits per heavy atom. The molecule has 0 amide bonds. The van der Waals surface area contributed by atoms with Crippen molar-refractivity contribution < 1.29 is 5.11 Å². The molecule has 118 valence electrons. The van der Waals surface area contributed by atoms with Crippen LogP contribution < -0.4 is 5.32 Å². The first-order valence-corrected chi connectivity index (χ1v) is 7.99. The largest absolute Gasteiger partial charge is 0.388 e. The fourth-order valence-electron chi connectivity index (χ4n) is 3.22. The maximum Gasteiger partial charge on any atom is 0.0969 e. The number of nitrogens with zero attached hydrogens (tertiary/aromatic N) is 3. The van der Waals surface area contributed by atoms with Gasteiger partial charge in [0.2, 0.25) is 0 Å². The fraction of sp³-hybridized carbons (Fsp3) is 0.529. The van der Waals surface area contributed by atoms with Gasteiger partial charge in [-0.3, -0.25) is 0 Å². The molecule has 1 aliphatic carbocycles. The number of nitrogens with one attached hydrogen (secondary N) is 1. The Labute approximate surface area is 131 Å². The average Bonchev–Trinajstić information content (AvgIpc) is 3.08. The van der Waals surface area contributed by atoms with Gasteiger partial charge in [0.05, 0.1) is 23.2 Å². The van der Waals surface area contributed by atoms with Crippen LogP contribution in [0.1, 0.15) is 37.4 Å². The van der Waals surface area contributed by atoms with E-state index in [-0.39, 0.29) is 0 Å². The molecule has 22 heavy (non-hydrogen) atoms. The summed E-state index contributed by atoms with van der Waals surface area (Å²) >= 11 is 0. The number of para-hydroxylation sites is 1. The molecule has 0 bridgehead atoms. The van der Waals surface area contributed by atoms with E-state index in [1.54, 1.807) is 4.68 Å². The fourth-order valence-corrected chi connectivity index (χ4v) is 3.22. The quantitative estimate of drug-likeness (QED) is 0.889. The second kappa shape index (κ2) is 6.18. The summed E-state index contributed by atoms with van der Waals surface area (Å²) in [5.74, 6) is 0.364. The standard InChI is InChI=1S/C17H24N4O/c1-13-6-3-4-8-16(13)21-11-15(19-20-21)10-18-12-17(22)9-5-7-14(17)2/h3-4,6,8,11,14,18,22H,5,7,9-10,12H2,1-2H3. The molecular formula is C17H24N4O. The first-order valence-electron chi connectivity index (χ1n) is 7.99. The van der Waals surface area contributed by atoms with Crippen molar-refractivity contribution >= 4 is 0 Å². The lowest BCUT2D eigenvalue weighted by molar-refractivity contribution is 0.00964. The SMILES string of the molecule is Cc1ccccc1-n1cc(CNCC2(O)CCCC2C)nn1. The third-order valence-electron chi connectivity index (χ3n) is 4.80. The molecule has 1 saturated carbocycles. The van der Waals surface area contributed by atoms with E-state index in [1.165, 1.54) is 5.56 Å². The van der Waals surface area contributed by atoms with E-state index in [4.69, 9.17) is 0 Å². The molecule has 2 unspecified atom stereocenters. The molecule has 1 fully saturated rings. The number of aliphatic hydroxyl groups is 1. The van der Waals surface area contributed by atoms with Crippen LogP contribution in [0.3, 0.4) is 0 Å². The molecule has 1 aromatic carbocycles. The molecule has 2 atom stereocenters. The summed E-state index contributed by atoms with van der Waals surface area (Å²) in [4.78, 5) is 0. The first kappa shape index (κ1) is 15.2. The number of aromatic nitrogens is 3. The molecule has 2 N–H and O–H groups in total. The third-order valence-corrected chi connectivity index (χ3v) is 4.80. The van der Waals surface area contributed by atoms with E-state index in [2.05, 4.69) is 35.5 Å². The van der Waals surface area contributed by atoms with Crippen LogP contribution in [0.4, 0.5) is 0 Å². The number of aryl methyl sites for hydroxylation is 1. The predicted molar refractivity (Wildman–Crippen MR) is 85.8 cm³/mol. The van der Waals surface area contributed by atoms with E-state index < -0.39 is 5.60 Å². The number of benzene rings is 1. The molecule has 0 spiro atoms. The van der Waals surface area contributed by atoms with Crippen LogP contribution >= 0.6 is 0 Å². The molecule has 0 radical (unpaired) electrons. The van der Waals surface area contributed by atoms with Crippen molar-refractivity contribution in [3.8, 4) is 5.69 Å². The second-order valence-corrected chi connectivity index (χ2v) is 6.44. The highest BCUT2D eigenvalue weighted by molar-refractivity contribution is 5.38. The summed E-state index contributed by atoms with van der Waals surface area (Å²) in [6.07, 6.45) is 5.05. The van der Waals surface area contributed by atoms with Crippen LogP contribution in [-0.4, -0.2) is 32.2 Å². The Balaban J connectivity index is 1.60. The predicted octanol–water partition coefficient (Wildman–Crippen LogP) is 2.22. The lowest BCUT2D eigenvalue weighted by Crippen LogP contribution is -2.42. The molecule has 1 heterocycles. The minimum Gasteiger partial charge on any atom is -0.388 e. The monoisotopic (exact) mass is 300 g/mol. The number of hydrogen-bond acceptors (Lipinski definition) is 4. The van der Waals surface area contributed by atoms with E-state index in [0.717, 1.165) is 30.6 Å². The molecule has 3 rings (SSSR count). The summed E-state index contributed by atoms with van der Waals surface area (Å²) in [6, 6.07) is 8.11. The van der Waals surface area contributed by atoms with Gasteiger partial charge >= 0.3 is 0 Å². The van der Waals surface area contributed by atoms with Crippen molar-refractivity contribution in [1.29, 1.82) is 0 Å². The maximum absolute atomic E-state index is 10.6. The van der Waals surface area contributed by atoms with Crippen LogP contribution in [-0.2, 0) is 6.54 Å². The van der Waals surface area contributed by atoms with Gasteiger partial charge in [0.25, 0.3) is 0 Å². The van der Waals surface area contributed by atoms with Gasteiger partial charge in [-0.2, -0.15) is 0 Å². The van der Waals surface area contributed by atoms with Gasteiger partial charge in [-0.05, 0) is 37.3 Å². The molecule has 2 aromatic rings. The van der Waals surface area contributed by atoms with Crippen molar-refractivity contribution in [2.24, 2.45) is 5.92 Å². The Hall–Kier alpha value is -1.72. The number of hydrogen-bond donors (Lipinski definition) is 2. The van der Waals surface area contributed by atoms with Gasteiger partial charge in [0, 0.05) is 13.1 Å². The summed E-state index contributed by atoms with van der Waals surface area (Å²) < 4.78 is 1.80. The molecule has 0 saturated heterocycles. The molecule has 5 heteroatoms. The van der Waals surface area contributed by atoms with E-state index >= 15 is 0 Å². The first-order chi connectivity index (χ1) is 10.6. The third kappa shape index (κ3) is 3.05. The zero-order chi connectivity index (χ0) is 15.6. The molecule has 0 aliphatic heterocycles. The summed E-state index contributed by atoms with van der Waals surface area (Å²) in [6.45, 7) is 5.43. The lowest BCUT2D eigenvalue weighted by atomic mass is 9.92. The van der Waals surface area contributed by atoms with Gasteiger partial charge in [0.1, 0.15) is 0 Å². The summed E-state index contributed by atoms with van der Waals surface area (Å²) in [5.41, 5.74) is 2.54. The number of rotatable bonds is 5. The molecule has 5 nitrogen and oxygen atoms in total. The Kier molecular flexibility index (Phi) is 4.27. The van der Waals surface area contributed by atoms with Crippen molar-refractivity contribution in [2.75, 3.05) is 6.54 Å². The topological polar surface area (TPSA) is 63.0 Å². The van der Waals surface area contributed by atoms with Crippen molar-refractivity contribution in [2.45, 2.75) is 45.3 Å². The van der Waals surface area contributed by atoms with Crippen LogP contribution in [0, 0.1) is 12.8 Å². The molecule has 1 aromatic heterocycles. The average molecular weight is 300 g/mol. The second-order valence-electron chi connectivity index (χ2n) is 6.44. The van der Waals surface area contributed by atoms with E-state index in [0.29, 0.717) is 19.0 Å². The van der Waals surface area contributed by atoms with Crippen molar-refractivity contribution in [1.82, 2.24) is 20.3 Å². The van der Waals surface area contributed by atoms with Crippen LogP contribution in [0.15, 0.2) is 30.5 Å². The minimum absolute atomic E-state index is 0.364.